The van der Waals surface area contributed by atoms with Crippen LogP contribution in [0.1, 0.15) is 59.3 Å². The second-order valence-corrected chi connectivity index (χ2v) is 7.76. The van der Waals surface area contributed by atoms with Crippen LogP contribution >= 0.6 is 15.9 Å². The average molecular weight is 345 g/mol. The third-order valence-corrected chi connectivity index (χ3v) is 6.64. The second kappa shape index (κ2) is 7.60. The third kappa shape index (κ3) is 3.78. The van der Waals surface area contributed by atoms with Crippen LogP contribution in [0.3, 0.4) is 0 Å². The Morgan fingerprint density at radius 2 is 1.85 bits per heavy atom. The zero-order valence-corrected chi connectivity index (χ0v) is 15.3. The van der Waals surface area contributed by atoms with Crippen molar-refractivity contribution in [2.75, 3.05) is 31.5 Å². The van der Waals surface area contributed by atoms with Crippen LogP contribution in [0, 0.1) is 5.41 Å². The molecule has 2 unspecified atom stereocenters. The molecule has 20 heavy (non-hydrogen) atoms. The van der Waals surface area contributed by atoms with E-state index in [4.69, 9.17) is 0 Å². The minimum Gasteiger partial charge on any atom is -0.298 e. The van der Waals surface area contributed by atoms with Gasteiger partial charge < -0.3 is 0 Å². The standard InChI is InChI=1S/C17H33BrN2/c1-4-8-17(13-18,9-5-2)14-20-12-16-7-6-10-19(16)11-15(20)3/h15-16H,4-14H2,1-3H3. The number of piperazine rings is 1. The maximum atomic E-state index is 3.84. The summed E-state index contributed by atoms with van der Waals surface area (Å²) < 4.78 is 0. The van der Waals surface area contributed by atoms with Gasteiger partial charge in [-0.2, -0.15) is 0 Å². The fourth-order valence-corrected chi connectivity index (χ4v) is 5.16. The molecule has 0 bridgehead atoms. The first-order valence-electron chi connectivity index (χ1n) is 8.68. The number of fused-ring (bicyclic) bond motifs is 1. The van der Waals surface area contributed by atoms with E-state index in [1.165, 1.54) is 70.0 Å². The van der Waals surface area contributed by atoms with E-state index < -0.39 is 0 Å². The summed E-state index contributed by atoms with van der Waals surface area (Å²) in [6, 6.07) is 1.58. The Balaban J connectivity index is 2.01. The zero-order chi connectivity index (χ0) is 14.6. The maximum absolute atomic E-state index is 3.84. The van der Waals surface area contributed by atoms with E-state index in [-0.39, 0.29) is 0 Å². The van der Waals surface area contributed by atoms with E-state index in [1.807, 2.05) is 0 Å². The number of alkyl halides is 1. The van der Waals surface area contributed by atoms with E-state index in [0.29, 0.717) is 5.41 Å². The molecule has 0 N–H and O–H groups in total. The largest absolute Gasteiger partial charge is 0.298 e. The fourth-order valence-electron chi connectivity index (χ4n) is 4.42. The molecular formula is C17H33BrN2. The third-order valence-electron chi connectivity index (χ3n) is 5.45. The van der Waals surface area contributed by atoms with Crippen LogP contribution in [0.5, 0.6) is 0 Å². The molecule has 2 atom stereocenters. The molecular weight excluding hydrogens is 312 g/mol. The molecule has 2 nitrogen and oxygen atoms in total. The highest BCUT2D eigenvalue weighted by Gasteiger charge is 2.38. The minimum atomic E-state index is 0.499. The molecule has 0 amide bonds. The van der Waals surface area contributed by atoms with Gasteiger partial charge in [0.25, 0.3) is 0 Å². The monoisotopic (exact) mass is 344 g/mol. The summed E-state index contributed by atoms with van der Waals surface area (Å²) in [4.78, 5) is 5.54. The second-order valence-electron chi connectivity index (χ2n) is 7.20. The molecule has 2 fully saturated rings. The van der Waals surface area contributed by atoms with Gasteiger partial charge in [0.2, 0.25) is 0 Å². The topological polar surface area (TPSA) is 6.48 Å². The molecule has 3 heteroatoms. The van der Waals surface area contributed by atoms with Gasteiger partial charge in [-0.05, 0) is 44.6 Å². The van der Waals surface area contributed by atoms with E-state index in [1.54, 1.807) is 0 Å². The highest BCUT2D eigenvalue weighted by molar-refractivity contribution is 9.09. The first-order chi connectivity index (χ1) is 9.64. The van der Waals surface area contributed by atoms with Gasteiger partial charge in [0.15, 0.2) is 0 Å². The molecule has 2 saturated heterocycles. The van der Waals surface area contributed by atoms with Crippen LogP contribution < -0.4 is 0 Å². The number of hydrogen-bond acceptors (Lipinski definition) is 2. The molecule has 2 aliphatic heterocycles. The lowest BCUT2D eigenvalue weighted by molar-refractivity contribution is 0.0262. The summed E-state index contributed by atoms with van der Waals surface area (Å²) in [6.07, 6.45) is 8.19. The molecule has 0 spiro atoms. The number of rotatable bonds is 7. The van der Waals surface area contributed by atoms with Gasteiger partial charge in [-0.25, -0.2) is 0 Å². The summed E-state index contributed by atoms with van der Waals surface area (Å²) in [5.74, 6) is 0. The molecule has 0 radical (unpaired) electrons. The van der Waals surface area contributed by atoms with Crippen molar-refractivity contribution >= 4 is 15.9 Å². The zero-order valence-electron chi connectivity index (χ0n) is 13.7. The molecule has 0 aromatic carbocycles. The lowest BCUT2D eigenvalue weighted by atomic mass is 9.80. The Hall–Kier alpha value is 0.400. The Morgan fingerprint density at radius 1 is 1.15 bits per heavy atom. The quantitative estimate of drug-likeness (QED) is 0.640. The lowest BCUT2D eigenvalue weighted by Gasteiger charge is -2.46. The first kappa shape index (κ1) is 16.8. The molecule has 2 rings (SSSR count). The maximum Gasteiger partial charge on any atom is 0.0224 e. The minimum absolute atomic E-state index is 0.499. The van der Waals surface area contributed by atoms with Crippen LogP contribution in [-0.4, -0.2) is 53.4 Å². The number of hydrogen-bond donors (Lipinski definition) is 0. The van der Waals surface area contributed by atoms with Crippen molar-refractivity contribution in [3.63, 3.8) is 0 Å². The van der Waals surface area contributed by atoms with Gasteiger partial charge in [0.05, 0.1) is 0 Å². The number of halogens is 1. The van der Waals surface area contributed by atoms with Crippen LogP contribution in [0.4, 0.5) is 0 Å². The summed E-state index contributed by atoms with van der Waals surface area (Å²) in [5, 5.41) is 1.17. The molecule has 0 aliphatic carbocycles. The SMILES string of the molecule is CCCC(CBr)(CCC)CN1CC2CCCN2CC1C. The van der Waals surface area contributed by atoms with Crippen molar-refractivity contribution in [2.45, 2.75) is 71.4 Å². The van der Waals surface area contributed by atoms with Crippen LogP contribution in [-0.2, 0) is 0 Å². The van der Waals surface area contributed by atoms with Crippen molar-refractivity contribution in [3.05, 3.63) is 0 Å². The smallest absolute Gasteiger partial charge is 0.0224 e. The molecule has 0 saturated carbocycles. The lowest BCUT2D eigenvalue weighted by Crippen LogP contribution is -2.57. The Labute approximate surface area is 134 Å². The van der Waals surface area contributed by atoms with Crippen LogP contribution in [0.25, 0.3) is 0 Å². The highest BCUT2D eigenvalue weighted by Crippen LogP contribution is 2.35. The van der Waals surface area contributed by atoms with Crippen molar-refractivity contribution in [1.82, 2.24) is 9.80 Å². The van der Waals surface area contributed by atoms with Gasteiger partial charge in [-0.3, -0.25) is 9.80 Å². The van der Waals surface area contributed by atoms with E-state index in [9.17, 15) is 0 Å². The van der Waals surface area contributed by atoms with Gasteiger partial charge in [0.1, 0.15) is 0 Å². The molecule has 0 aromatic rings. The summed E-state index contributed by atoms with van der Waals surface area (Å²) in [7, 11) is 0. The van der Waals surface area contributed by atoms with Crippen molar-refractivity contribution < 1.29 is 0 Å². The first-order valence-corrected chi connectivity index (χ1v) is 9.80. The van der Waals surface area contributed by atoms with Crippen molar-refractivity contribution in [1.29, 1.82) is 0 Å². The normalized spacial score (nSPS) is 28.8. The van der Waals surface area contributed by atoms with Gasteiger partial charge in [-0.1, -0.05) is 42.6 Å². The Morgan fingerprint density at radius 3 is 2.45 bits per heavy atom. The van der Waals surface area contributed by atoms with Gasteiger partial charge >= 0.3 is 0 Å². The number of nitrogens with zero attached hydrogens (tertiary/aromatic N) is 2. The highest BCUT2D eigenvalue weighted by atomic mass is 79.9. The van der Waals surface area contributed by atoms with Gasteiger partial charge in [0, 0.05) is 37.0 Å². The molecule has 0 aromatic heterocycles. The van der Waals surface area contributed by atoms with E-state index in [0.717, 1.165) is 12.1 Å². The van der Waals surface area contributed by atoms with Crippen molar-refractivity contribution in [3.8, 4) is 0 Å². The Bertz CT molecular complexity index is 289. The Kier molecular flexibility index (Phi) is 6.37. The molecule has 118 valence electrons. The van der Waals surface area contributed by atoms with Crippen LogP contribution in [0.2, 0.25) is 0 Å². The molecule has 2 aliphatic rings. The predicted octanol–water partition coefficient (Wildman–Crippen LogP) is 4.14. The van der Waals surface area contributed by atoms with E-state index in [2.05, 4.69) is 46.5 Å². The van der Waals surface area contributed by atoms with Gasteiger partial charge in [-0.15, -0.1) is 0 Å². The average Bonchev–Trinajstić information content (AvgIpc) is 2.86. The summed E-state index contributed by atoms with van der Waals surface area (Å²) >= 11 is 3.84. The summed E-state index contributed by atoms with van der Waals surface area (Å²) in [6.45, 7) is 12.4. The molecule has 2 heterocycles. The van der Waals surface area contributed by atoms with E-state index >= 15 is 0 Å². The fraction of sp³-hybridized carbons (Fsp3) is 1.00. The predicted molar refractivity (Wildman–Crippen MR) is 91.7 cm³/mol. The summed E-state index contributed by atoms with van der Waals surface area (Å²) in [5.41, 5.74) is 0.499. The van der Waals surface area contributed by atoms with Crippen molar-refractivity contribution in [2.24, 2.45) is 5.41 Å². The van der Waals surface area contributed by atoms with Crippen LogP contribution in [0.15, 0.2) is 0 Å².